The fraction of sp³-hybridized carbons (Fsp3) is 0.727. The SMILES string of the molecule is CO[Si](CCC(O)CNc1nc(C)nc(N)n1)(OC)OC. The molecule has 21 heavy (non-hydrogen) atoms. The summed E-state index contributed by atoms with van der Waals surface area (Å²) in [6, 6.07) is 0.512. The molecule has 0 saturated carbocycles. The van der Waals surface area contributed by atoms with Crippen molar-refractivity contribution >= 4 is 20.7 Å². The first-order valence-corrected chi connectivity index (χ1v) is 8.43. The highest BCUT2D eigenvalue weighted by atomic mass is 28.4. The van der Waals surface area contributed by atoms with Gasteiger partial charge in [-0.05, 0) is 13.3 Å². The number of nitrogens with one attached hydrogen (secondary N) is 1. The quantitative estimate of drug-likeness (QED) is 0.531. The average molecular weight is 317 g/mol. The van der Waals surface area contributed by atoms with Crippen molar-refractivity contribution in [1.82, 2.24) is 15.0 Å². The molecule has 1 aromatic heterocycles. The van der Waals surface area contributed by atoms with Gasteiger partial charge in [-0.1, -0.05) is 0 Å². The zero-order valence-electron chi connectivity index (χ0n) is 12.8. The van der Waals surface area contributed by atoms with Gasteiger partial charge in [0.05, 0.1) is 6.10 Å². The molecule has 0 spiro atoms. The second-order valence-electron chi connectivity index (χ2n) is 4.43. The Labute approximate surface area is 125 Å². The Kier molecular flexibility index (Phi) is 6.91. The molecule has 4 N–H and O–H groups in total. The number of aromatic nitrogens is 3. The molecule has 0 aliphatic carbocycles. The summed E-state index contributed by atoms with van der Waals surface area (Å²) < 4.78 is 15.9. The van der Waals surface area contributed by atoms with Crippen LogP contribution in [0.15, 0.2) is 0 Å². The van der Waals surface area contributed by atoms with Crippen molar-refractivity contribution in [2.75, 3.05) is 38.9 Å². The molecule has 10 heteroatoms. The molecule has 0 bridgehead atoms. The summed E-state index contributed by atoms with van der Waals surface area (Å²) in [5.74, 6) is 1.00. The van der Waals surface area contributed by atoms with Crippen molar-refractivity contribution < 1.29 is 18.4 Å². The van der Waals surface area contributed by atoms with Gasteiger partial charge in [0.25, 0.3) is 0 Å². The third-order valence-electron chi connectivity index (χ3n) is 2.98. The molecule has 0 aliphatic heterocycles. The van der Waals surface area contributed by atoms with E-state index in [1.54, 1.807) is 28.3 Å². The van der Waals surface area contributed by atoms with Crippen LogP contribution < -0.4 is 11.1 Å². The summed E-state index contributed by atoms with van der Waals surface area (Å²) in [4.78, 5) is 11.9. The predicted octanol–water partition coefficient (Wildman–Crippen LogP) is -0.197. The van der Waals surface area contributed by atoms with E-state index in [2.05, 4.69) is 20.3 Å². The van der Waals surface area contributed by atoms with E-state index < -0.39 is 14.9 Å². The third kappa shape index (κ3) is 5.51. The molecule has 1 aromatic rings. The summed E-state index contributed by atoms with van der Waals surface area (Å²) in [5, 5.41) is 12.9. The van der Waals surface area contributed by atoms with Crippen LogP contribution in [0.1, 0.15) is 12.2 Å². The van der Waals surface area contributed by atoms with Crippen LogP contribution in [0.25, 0.3) is 0 Å². The maximum absolute atomic E-state index is 9.99. The van der Waals surface area contributed by atoms with Crippen LogP contribution >= 0.6 is 0 Å². The average Bonchev–Trinajstić information content (AvgIpc) is 2.46. The second kappa shape index (κ2) is 8.19. The number of rotatable bonds is 9. The standard InChI is InChI=1S/C11H23N5O4Si/c1-8-14-10(12)16-11(15-8)13-7-9(17)5-6-21(18-2,19-3)20-4/h9,17H,5-7H2,1-4H3,(H3,12,13,14,15,16). The number of hydrogen-bond donors (Lipinski definition) is 3. The van der Waals surface area contributed by atoms with Gasteiger partial charge in [-0.2, -0.15) is 15.0 Å². The van der Waals surface area contributed by atoms with Gasteiger partial charge in [-0.3, -0.25) is 0 Å². The Morgan fingerprint density at radius 1 is 1.19 bits per heavy atom. The zero-order chi connectivity index (χ0) is 15.9. The van der Waals surface area contributed by atoms with Crippen LogP contribution in [-0.2, 0) is 13.3 Å². The number of nitrogens with zero attached hydrogens (tertiary/aromatic N) is 3. The lowest BCUT2D eigenvalue weighted by atomic mass is 10.3. The van der Waals surface area contributed by atoms with Crippen molar-refractivity contribution in [1.29, 1.82) is 0 Å². The van der Waals surface area contributed by atoms with Gasteiger partial charge in [0, 0.05) is 33.9 Å². The van der Waals surface area contributed by atoms with Crippen LogP contribution in [0.2, 0.25) is 6.04 Å². The van der Waals surface area contributed by atoms with E-state index in [0.29, 0.717) is 24.2 Å². The highest BCUT2D eigenvalue weighted by Crippen LogP contribution is 2.16. The van der Waals surface area contributed by atoms with Crippen LogP contribution in [0.3, 0.4) is 0 Å². The van der Waals surface area contributed by atoms with Crippen molar-refractivity contribution in [3.63, 3.8) is 0 Å². The van der Waals surface area contributed by atoms with E-state index in [-0.39, 0.29) is 12.5 Å². The molecule has 1 unspecified atom stereocenters. The van der Waals surface area contributed by atoms with Gasteiger partial charge in [0.1, 0.15) is 5.82 Å². The van der Waals surface area contributed by atoms with E-state index in [4.69, 9.17) is 19.0 Å². The number of hydrogen-bond acceptors (Lipinski definition) is 9. The summed E-state index contributed by atoms with van der Waals surface area (Å²) in [6.07, 6.45) is -0.149. The fourth-order valence-corrected chi connectivity index (χ4v) is 3.59. The Morgan fingerprint density at radius 3 is 2.33 bits per heavy atom. The molecule has 1 atom stereocenters. The number of aliphatic hydroxyl groups excluding tert-OH is 1. The first-order valence-electron chi connectivity index (χ1n) is 6.50. The highest BCUT2D eigenvalue weighted by Gasteiger charge is 2.37. The molecular formula is C11H23N5O4Si. The number of aryl methyl sites for hydroxylation is 1. The lowest BCUT2D eigenvalue weighted by Gasteiger charge is -2.25. The first-order chi connectivity index (χ1) is 9.94. The van der Waals surface area contributed by atoms with Crippen LogP contribution in [-0.4, -0.2) is 62.8 Å². The predicted molar refractivity (Wildman–Crippen MR) is 79.7 cm³/mol. The van der Waals surface area contributed by atoms with Crippen LogP contribution in [0, 0.1) is 6.92 Å². The maximum atomic E-state index is 9.99. The van der Waals surface area contributed by atoms with Crippen LogP contribution in [0.5, 0.6) is 0 Å². The van der Waals surface area contributed by atoms with Gasteiger partial charge < -0.3 is 29.4 Å². The number of nitrogen functional groups attached to an aromatic ring is 1. The van der Waals surface area contributed by atoms with Gasteiger partial charge in [0.15, 0.2) is 0 Å². The summed E-state index contributed by atoms with van der Waals surface area (Å²) in [7, 11) is 1.97. The van der Waals surface area contributed by atoms with E-state index in [0.717, 1.165) is 0 Å². The molecule has 0 aromatic carbocycles. The first kappa shape index (κ1) is 17.7. The minimum atomic E-state index is -2.66. The maximum Gasteiger partial charge on any atom is 0.500 e. The number of anilines is 2. The summed E-state index contributed by atoms with van der Waals surface area (Å²) in [6.45, 7) is 2.00. The monoisotopic (exact) mass is 317 g/mol. The minimum absolute atomic E-state index is 0.143. The molecule has 0 aliphatic rings. The van der Waals surface area contributed by atoms with E-state index in [1.165, 1.54) is 0 Å². The second-order valence-corrected chi connectivity index (χ2v) is 7.52. The van der Waals surface area contributed by atoms with Crippen molar-refractivity contribution in [3.05, 3.63) is 5.82 Å². The zero-order valence-corrected chi connectivity index (χ0v) is 13.8. The highest BCUT2D eigenvalue weighted by molar-refractivity contribution is 6.60. The molecule has 0 saturated heterocycles. The molecule has 0 fully saturated rings. The minimum Gasteiger partial charge on any atom is -0.391 e. The molecule has 9 nitrogen and oxygen atoms in total. The lowest BCUT2D eigenvalue weighted by molar-refractivity contribution is 0.112. The molecule has 1 rings (SSSR count). The normalized spacial score (nSPS) is 13.2. The topological polar surface area (TPSA) is 125 Å². The lowest BCUT2D eigenvalue weighted by Crippen LogP contribution is -2.43. The van der Waals surface area contributed by atoms with E-state index >= 15 is 0 Å². The molecule has 120 valence electrons. The largest absolute Gasteiger partial charge is 0.500 e. The Balaban J connectivity index is 2.45. The third-order valence-corrected chi connectivity index (χ3v) is 5.74. The smallest absolute Gasteiger partial charge is 0.391 e. The Bertz CT molecular complexity index is 418. The van der Waals surface area contributed by atoms with Gasteiger partial charge in [0.2, 0.25) is 11.9 Å². The number of aliphatic hydroxyl groups is 1. The Morgan fingerprint density at radius 2 is 1.81 bits per heavy atom. The molecular weight excluding hydrogens is 294 g/mol. The number of nitrogens with two attached hydrogens (primary N) is 1. The van der Waals surface area contributed by atoms with Crippen molar-refractivity contribution in [2.45, 2.75) is 25.5 Å². The summed E-state index contributed by atoms with van der Waals surface area (Å²) >= 11 is 0. The van der Waals surface area contributed by atoms with Gasteiger partial charge in [-0.25, -0.2) is 0 Å². The summed E-state index contributed by atoms with van der Waals surface area (Å²) in [5.41, 5.74) is 5.53. The van der Waals surface area contributed by atoms with E-state index in [9.17, 15) is 5.11 Å². The van der Waals surface area contributed by atoms with Gasteiger partial charge >= 0.3 is 8.80 Å². The van der Waals surface area contributed by atoms with Crippen molar-refractivity contribution in [2.24, 2.45) is 0 Å². The van der Waals surface area contributed by atoms with E-state index in [1.807, 2.05) is 0 Å². The molecule has 1 heterocycles. The molecule has 0 radical (unpaired) electrons. The van der Waals surface area contributed by atoms with Crippen LogP contribution in [0.4, 0.5) is 11.9 Å². The van der Waals surface area contributed by atoms with Crippen molar-refractivity contribution in [3.8, 4) is 0 Å². The molecule has 0 amide bonds. The Hall–Kier alpha value is -1.33. The fourth-order valence-electron chi connectivity index (χ4n) is 1.79. The van der Waals surface area contributed by atoms with Gasteiger partial charge in [-0.15, -0.1) is 0 Å².